The number of ether oxygens (including phenoxy) is 1. The van der Waals surface area contributed by atoms with Crippen LogP contribution in [0.25, 0.3) is 0 Å². The topological polar surface area (TPSA) is 126 Å². The van der Waals surface area contributed by atoms with Crippen LogP contribution in [0.1, 0.15) is 23.7 Å². The van der Waals surface area contributed by atoms with Crippen LogP contribution >= 0.6 is 0 Å². The Morgan fingerprint density at radius 1 is 1.39 bits per heavy atom. The highest BCUT2D eigenvalue weighted by atomic mass is 16.5. The summed E-state index contributed by atoms with van der Waals surface area (Å²) in [5, 5.41) is 19.3. The van der Waals surface area contributed by atoms with Crippen molar-refractivity contribution in [2.45, 2.75) is 12.3 Å². The molecule has 1 aliphatic rings. The van der Waals surface area contributed by atoms with E-state index in [1.165, 1.54) is 16.8 Å². The van der Waals surface area contributed by atoms with Crippen molar-refractivity contribution in [3.8, 4) is 0 Å². The summed E-state index contributed by atoms with van der Waals surface area (Å²) in [6, 6.07) is 1.21. The minimum Gasteiger partial charge on any atom is -0.393 e. The number of nitrogens with one attached hydrogen (secondary N) is 2. The Bertz CT molecular complexity index is 687. The lowest BCUT2D eigenvalue weighted by Gasteiger charge is -2.14. The monoisotopic (exact) mass is 251 g/mol. The van der Waals surface area contributed by atoms with Crippen LogP contribution in [0.15, 0.2) is 21.9 Å². The number of H-pyrrole nitrogens is 2. The maximum atomic E-state index is 11.7. The Balaban J connectivity index is 2.10. The number of hydrogen-bond donors (Lipinski definition) is 3. The molecule has 0 unspecified atom stereocenters. The van der Waals surface area contributed by atoms with Gasteiger partial charge >= 0.3 is 5.69 Å². The molecule has 3 rings (SSSR count). The van der Waals surface area contributed by atoms with E-state index in [1.54, 1.807) is 0 Å². The van der Waals surface area contributed by atoms with Crippen LogP contribution in [-0.2, 0) is 4.74 Å². The van der Waals surface area contributed by atoms with Gasteiger partial charge in [0, 0.05) is 12.3 Å². The Morgan fingerprint density at radius 2 is 2.17 bits per heavy atom. The molecular weight excluding hydrogens is 242 g/mol. The third kappa shape index (κ3) is 1.49. The number of aliphatic hydroxyl groups is 1. The molecule has 0 amide bonds. The summed E-state index contributed by atoms with van der Waals surface area (Å²) in [7, 11) is 0. The summed E-state index contributed by atoms with van der Waals surface area (Å²) in [6.07, 6.45) is -0.132. The zero-order chi connectivity index (χ0) is 12.7. The average Bonchev–Trinajstić information content (AvgIpc) is 2.91. The fourth-order valence-electron chi connectivity index (χ4n) is 1.89. The predicted octanol–water partition coefficient (Wildman–Crippen LogP) is -1.73. The molecule has 9 nitrogen and oxygen atoms in total. The van der Waals surface area contributed by atoms with Gasteiger partial charge < -0.3 is 9.84 Å². The number of aromatic nitrogens is 5. The van der Waals surface area contributed by atoms with E-state index in [0.717, 1.165) is 0 Å². The summed E-state index contributed by atoms with van der Waals surface area (Å²) in [4.78, 5) is 24.8. The van der Waals surface area contributed by atoms with E-state index in [1.807, 2.05) is 0 Å². The number of fused-ring (bicyclic) bond motifs is 1. The normalized spacial score (nSPS) is 22.1. The van der Waals surface area contributed by atoms with Crippen molar-refractivity contribution in [3.05, 3.63) is 44.5 Å². The number of hydrogen-bond acceptors (Lipinski definition) is 6. The van der Waals surface area contributed by atoms with E-state index in [-0.39, 0.29) is 6.61 Å². The first-order valence-corrected chi connectivity index (χ1v) is 5.19. The molecule has 0 saturated carbocycles. The van der Waals surface area contributed by atoms with Gasteiger partial charge in [0.25, 0.3) is 5.56 Å². The highest BCUT2D eigenvalue weighted by molar-refractivity contribution is 5.20. The quantitative estimate of drug-likeness (QED) is 0.582. The maximum absolute atomic E-state index is 11.7. The first-order valence-electron chi connectivity index (χ1n) is 5.19. The Morgan fingerprint density at radius 3 is 2.89 bits per heavy atom. The van der Waals surface area contributed by atoms with Gasteiger partial charge in [-0.1, -0.05) is 0 Å². The number of rotatable bonds is 2. The van der Waals surface area contributed by atoms with Crippen molar-refractivity contribution >= 4 is 0 Å². The highest BCUT2D eigenvalue weighted by Gasteiger charge is 2.37. The van der Waals surface area contributed by atoms with Gasteiger partial charge in [-0.15, -0.1) is 0 Å². The standard InChI is InChI=1S/C9H9N5O4/c15-3-4-6-7(12-13-11-6)8(18-4)14-2-1-5(16)10-9(14)17/h1-2,4,8,15H,3H2,(H,10,16,17)(H,11,12,13)/t4-,8-/m1/s1. The molecule has 2 aromatic rings. The van der Waals surface area contributed by atoms with Crippen LogP contribution in [0.5, 0.6) is 0 Å². The lowest BCUT2D eigenvalue weighted by atomic mass is 10.2. The molecule has 94 valence electrons. The first-order chi connectivity index (χ1) is 8.70. The van der Waals surface area contributed by atoms with Crippen molar-refractivity contribution in [2.24, 2.45) is 0 Å². The van der Waals surface area contributed by atoms with Crippen molar-refractivity contribution in [1.29, 1.82) is 0 Å². The molecule has 1 aliphatic heterocycles. The molecule has 3 N–H and O–H groups in total. The van der Waals surface area contributed by atoms with Crippen molar-refractivity contribution in [1.82, 2.24) is 25.0 Å². The average molecular weight is 251 g/mol. The number of nitrogens with zero attached hydrogens (tertiary/aromatic N) is 3. The van der Waals surface area contributed by atoms with Crippen molar-refractivity contribution in [3.63, 3.8) is 0 Å². The number of aliphatic hydroxyl groups excluding tert-OH is 1. The van der Waals surface area contributed by atoms with Crippen LogP contribution < -0.4 is 11.2 Å². The fraction of sp³-hybridized carbons (Fsp3) is 0.333. The molecule has 0 aromatic carbocycles. The smallest absolute Gasteiger partial charge is 0.330 e. The SMILES string of the molecule is O=c1ccn([C@@H]2O[C@H](CO)c3n[nH]nc32)c(=O)[nH]1. The maximum Gasteiger partial charge on any atom is 0.330 e. The van der Waals surface area contributed by atoms with Gasteiger partial charge in [-0.2, -0.15) is 15.4 Å². The van der Waals surface area contributed by atoms with Gasteiger partial charge in [-0.25, -0.2) is 4.79 Å². The Labute approximate surface area is 99.0 Å². The van der Waals surface area contributed by atoms with Crippen molar-refractivity contribution < 1.29 is 9.84 Å². The van der Waals surface area contributed by atoms with Gasteiger partial charge in [-0.3, -0.25) is 14.3 Å². The molecule has 0 aliphatic carbocycles. The molecule has 3 heterocycles. The van der Waals surface area contributed by atoms with E-state index in [2.05, 4.69) is 20.4 Å². The molecule has 9 heteroatoms. The summed E-state index contributed by atoms with van der Waals surface area (Å²) in [5.74, 6) is 0. The second-order valence-electron chi connectivity index (χ2n) is 3.77. The molecule has 0 fully saturated rings. The zero-order valence-corrected chi connectivity index (χ0v) is 9.03. The lowest BCUT2D eigenvalue weighted by molar-refractivity contribution is -0.0377. The molecule has 18 heavy (non-hydrogen) atoms. The van der Waals surface area contributed by atoms with E-state index in [0.29, 0.717) is 11.4 Å². The molecule has 0 saturated heterocycles. The minimum atomic E-state index is -0.805. The van der Waals surface area contributed by atoms with Crippen LogP contribution in [0, 0.1) is 0 Å². The second-order valence-corrected chi connectivity index (χ2v) is 3.77. The summed E-state index contributed by atoms with van der Waals surface area (Å²) in [5.41, 5.74) is -0.225. The van der Waals surface area contributed by atoms with Gasteiger partial charge in [-0.05, 0) is 0 Å². The van der Waals surface area contributed by atoms with E-state index in [9.17, 15) is 9.59 Å². The highest BCUT2D eigenvalue weighted by Crippen LogP contribution is 2.35. The lowest BCUT2D eigenvalue weighted by Crippen LogP contribution is -2.32. The van der Waals surface area contributed by atoms with Gasteiger partial charge in [0.1, 0.15) is 17.5 Å². The summed E-state index contributed by atoms with van der Waals surface area (Å²) in [6.45, 7) is -0.270. The number of aromatic amines is 2. The van der Waals surface area contributed by atoms with Crippen LogP contribution in [0.3, 0.4) is 0 Å². The van der Waals surface area contributed by atoms with Crippen LogP contribution in [-0.4, -0.2) is 36.7 Å². The van der Waals surface area contributed by atoms with E-state index >= 15 is 0 Å². The van der Waals surface area contributed by atoms with Gasteiger partial charge in [0.05, 0.1) is 6.61 Å². The zero-order valence-electron chi connectivity index (χ0n) is 9.03. The largest absolute Gasteiger partial charge is 0.393 e. The van der Waals surface area contributed by atoms with Gasteiger partial charge in [0.15, 0.2) is 6.23 Å². The summed E-state index contributed by atoms with van der Waals surface area (Å²) < 4.78 is 6.65. The second kappa shape index (κ2) is 3.89. The van der Waals surface area contributed by atoms with E-state index < -0.39 is 23.6 Å². The summed E-state index contributed by atoms with van der Waals surface area (Å²) >= 11 is 0. The molecule has 0 spiro atoms. The molecule has 0 bridgehead atoms. The molecular formula is C9H9N5O4. The third-order valence-electron chi connectivity index (χ3n) is 2.71. The Kier molecular flexibility index (Phi) is 2.35. The van der Waals surface area contributed by atoms with Gasteiger partial charge in [0.2, 0.25) is 0 Å². The first kappa shape index (κ1) is 10.9. The minimum absolute atomic E-state index is 0.270. The Hall–Kier alpha value is -2.26. The predicted molar refractivity (Wildman–Crippen MR) is 56.8 cm³/mol. The van der Waals surface area contributed by atoms with Crippen LogP contribution in [0.4, 0.5) is 0 Å². The van der Waals surface area contributed by atoms with Crippen LogP contribution in [0.2, 0.25) is 0 Å². The van der Waals surface area contributed by atoms with E-state index in [4.69, 9.17) is 9.84 Å². The van der Waals surface area contributed by atoms with Crippen molar-refractivity contribution in [2.75, 3.05) is 6.61 Å². The molecule has 2 atom stereocenters. The third-order valence-corrected chi connectivity index (χ3v) is 2.71. The fourth-order valence-corrected chi connectivity index (χ4v) is 1.89. The molecule has 2 aromatic heterocycles. The molecule has 0 radical (unpaired) electrons.